The van der Waals surface area contributed by atoms with E-state index in [1.54, 1.807) is 12.1 Å². The quantitative estimate of drug-likeness (QED) is 0.844. The first kappa shape index (κ1) is 15.3. The zero-order chi connectivity index (χ0) is 15.0. The van der Waals surface area contributed by atoms with Crippen molar-refractivity contribution in [1.82, 2.24) is 5.32 Å². The lowest BCUT2D eigenvalue weighted by molar-refractivity contribution is 0.0935. The molecule has 0 atom stereocenters. The largest absolute Gasteiger partial charge is 0.380 e. The Morgan fingerprint density at radius 1 is 1.45 bits per heavy atom. The standard InChI is InChI=1S/C13H16ClNO4S/c1-13(5-6-13)15-12(16)9-3-4-10(8-19-2)11(7-9)20(14,17)18/h3-4,7H,5-6,8H2,1-2H3,(H,15,16). The van der Waals surface area contributed by atoms with E-state index in [0.29, 0.717) is 5.56 Å². The van der Waals surface area contributed by atoms with E-state index in [1.807, 2.05) is 6.92 Å². The molecule has 0 bridgehead atoms. The number of nitrogens with one attached hydrogen (secondary N) is 1. The maximum absolute atomic E-state index is 12.1. The summed E-state index contributed by atoms with van der Waals surface area (Å²) in [6.45, 7) is 2.06. The molecule has 5 nitrogen and oxygen atoms in total. The van der Waals surface area contributed by atoms with Gasteiger partial charge in [0.15, 0.2) is 0 Å². The van der Waals surface area contributed by atoms with Crippen molar-refractivity contribution in [3.63, 3.8) is 0 Å². The van der Waals surface area contributed by atoms with E-state index in [0.717, 1.165) is 12.8 Å². The molecule has 0 unspecified atom stereocenters. The van der Waals surface area contributed by atoms with E-state index in [-0.39, 0.29) is 28.5 Å². The number of benzene rings is 1. The van der Waals surface area contributed by atoms with Gasteiger partial charge in [-0.15, -0.1) is 0 Å². The molecular formula is C13H16ClNO4S. The van der Waals surface area contributed by atoms with Gasteiger partial charge in [0.25, 0.3) is 15.0 Å². The molecular weight excluding hydrogens is 302 g/mol. The summed E-state index contributed by atoms with van der Waals surface area (Å²) in [5.74, 6) is -0.296. The van der Waals surface area contributed by atoms with Crippen LogP contribution in [0.2, 0.25) is 0 Å². The summed E-state index contributed by atoms with van der Waals surface area (Å²) in [4.78, 5) is 12.0. The Morgan fingerprint density at radius 3 is 2.60 bits per heavy atom. The minimum Gasteiger partial charge on any atom is -0.380 e. The summed E-state index contributed by atoms with van der Waals surface area (Å²) in [6, 6.07) is 4.40. The van der Waals surface area contributed by atoms with Gasteiger partial charge in [-0.1, -0.05) is 6.07 Å². The van der Waals surface area contributed by atoms with Gasteiger partial charge in [0.1, 0.15) is 0 Å². The highest BCUT2D eigenvalue weighted by Crippen LogP contribution is 2.34. The summed E-state index contributed by atoms with van der Waals surface area (Å²) in [5.41, 5.74) is 0.538. The van der Waals surface area contributed by atoms with E-state index in [4.69, 9.17) is 15.4 Å². The summed E-state index contributed by atoms with van der Waals surface area (Å²) in [5, 5.41) is 2.87. The monoisotopic (exact) mass is 317 g/mol. The Labute approximate surface area is 122 Å². The fourth-order valence-electron chi connectivity index (χ4n) is 1.86. The molecule has 7 heteroatoms. The van der Waals surface area contributed by atoms with Gasteiger partial charge in [0, 0.05) is 28.9 Å². The number of carbonyl (C=O) groups excluding carboxylic acids is 1. The van der Waals surface area contributed by atoms with Crippen LogP contribution < -0.4 is 5.32 Å². The summed E-state index contributed by atoms with van der Waals surface area (Å²) >= 11 is 0. The molecule has 0 saturated heterocycles. The third-order valence-corrected chi connectivity index (χ3v) is 4.71. The first-order valence-corrected chi connectivity index (χ1v) is 8.45. The van der Waals surface area contributed by atoms with Gasteiger partial charge in [-0.05, 0) is 37.5 Å². The van der Waals surface area contributed by atoms with Crippen LogP contribution in [-0.4, -0.2) is 27.0 Å². The molecule has 1 saturated carbocycles. The molecule has 110 valence electrons. The van der Waals surface area contributed by atoms with E-state index in [9.17, 15) is 13.2 Å². The van der Waals surface area contributed by atoms with E-state index < -0.39 is 9.05 Å². The van der Waals surface area contributed by atoms with Crippen LogP contribution in [0.5, 0.6) is 0 Å². The van der Waals surface area contributed by atoms with E-state index in [2.05, 4.69) is 5.32 Å². The van der Waals surface area contributed by atoms with Gasteiger partial charge in [0.2, 0.25) is 0 Å². The Hall–Kier alpha value is -1.11. The maximum Gasteiger partial charge on any atom is 0.261 e. The number of amides is 1. The molecule has 2 rings (SSSR count). The number of rotatable bonds is 5. The predicted molar refractivity (Wildman–Crippen MR) is 75.3 cm³/mol. The van der Waals surface area contributed by atoms with Crippen LogP contribution in [-0.2, 0) is 20.4 Å². The highest BCUT2D eigenvalue weighted by molar-refractivity contribution is 8.13. The Morgan fingerprint density at radius 2 is 2.10 bits per heavy atom. The first-order chi connectivity index (χ1) is 9.25. The number of ether oxygens (including phenoxy) is 1. The van der Waals surface area contributed by atoms with Crippen molar-refractivity contribution in [3.8, 4) is 0 Å². The molecule has 0 aliphatic heterocycles. The van der Waals surface area contributed by atoms with Crippen LogP contribution >= 0.6 is 10.7 Å². The maximum atomic E-state index is 12.1. The highest BCUT2D eigenvalue weighted by Gasteiger charge is 2.38. The summed E-state index contributed by atoms with van der Waals surface area (Å²) in [6.07, 6.45) is 1.86. The van der Waals surface area contributed by atoms with Crippen LogP contribution in [0, 0.1) is 0 Å². The molecule has 1 N–H and O–H groups in total. The number of hydrogen-bond acceptors (Lipinski definition) is 4. The molecule has 0 radical (unpaired) electrons. The van der Waals surface area contributed by atoms with Crippen molar-refractivity contribution < 1.29 is 17.9 Å². The van der Waals surface area contributed by atoms with Crippen molar-refractivity contribution in [2.75, 3.05) is 7.11 Å². The third-order valence-electron chi connectivity index (χ3n) is 3.31. The van der Waals surface area contributed by atoms with Crippen molar-refractivity contribution in [3.05, 3.63) is 29.3 Å². The minimum absolute atomic E-state index is 0.0883. The molecule has 20 heavy (non-hydrogen) atoms. The van der Waals surface area contributed by atoms with Crippen LogP contribution in [0.3, 0.4) is 0 Å². The van der Waals surface area contributed by atoms with Crippen molar-refractivity contribution >= 4 is 25.6 Å². The van der Waals surface area contributed by atoms with Gasteiger partial charge in [0.05, 0.1) is 11.5 Å². The van der Waals surface area contributed by atoms with Crippen molar-refractivity contribution in [2.45, 2.75) is 36.8 Å². The summed E-state index contributed by atoms with van der Waals surface area (Å²) in [7, 11) is 2.94. The van der Waals surface area contributed by atoms with Gasteiger partial charge in [-0.3, -0.25) is 4.79 Å². The molecule has 1 fully saturated rings. The van der Waals surface area contributed by atoms with Gasteiger partial charge >= 0.3 is 0 Å². The fourth-order valence-corrected chi connectivity index (χ4v) is 3.00. The zero-order valence-corrected chi connectivity index (χ0v) is 12.8. The smallest absolute Gasteiger partial charge is 0.261 e. The lowest BCUT2D eigenvalue weighted by Crippen LogP contribution is -2.34. The van der Waals surface area contributed by atoms with Crippen molar-refractivity contribution in [1.29, 1.82) is 0 Å². The molecule has 1 aromatic rings. The Kier molecular flexibility index (Phi) is 4.09. The summed E-state index contributed by atoms with van der Waals surface area (Å²) < 4.78 is 28.1. The van der Waals surface area contributed by atoms with Crippen LogP contribution in [0.4, 0.5) is 0 Å². The first-order valence-electron chi connectivity index (χ1n) is 6.14. The lowest BCUT2D eigenvalue weighted by atomic mass is 10.1. The number of methoxy groups -OCH3 is 1. The van der Waals surface area contributed by atoms with Gasteiger partial charge in [-0.2, -0.15) is 0 Å². The number of halogens is 1. The molecule has 0 heterocycles. The molecule has 1 aromatic carbocycles. The van der Waals surface area contributed by atoms with Crippen LogP contribution in [0.25, 0.3) is 0 Å². The second-order valence-electron chi connectivity index (χ2n) is 5.21. The molecule has 0 spiro atoms. The van der Waals surface area contributed by atoms with E-state index >= 15 is 0 Å². The Bertz CT molecular complexity index is 638. The second-order valence-corrected chi connectivity index (χ2v) is 7.74. The molecule has 1 aliphatic carbocycles. The van der Waals surface area contributed by atoms with Crippen LogP contribution in [0.15, 0.2) is 23.1 Å². The van der Waals surface area contributed by atoms with Gasteiger partial charge < -0.3 is 10.1 Å². The highest BCUT2D eigenvalue weighted by atomic mass is 35.7. The molecule has 1 amide bonds. The van der Waals surface area contributed by atoms with Gasteiger partial charge in [-0.25, -0.2) is 8.42 Å². The third kappa shape index (κ3) is 3.50. The predicted octanol–water partition coefficient (Wildman–Crippen LogP) is 2.04. The van der Waals surface area contributed by atoms with Crippen LogP contribution in [0.1, 0.15) is 35.7 Å². The lowest BCUT2D eigenvalue weighted by Gasteiger charge is -2.13. The second kappa shape index (κ2) is 5.35. The molecule has 1 aliphatic rings. The average molecular weight is 318 g/mol. The zero-order valence-electron chi connectivity index (χ0n) is 11.3. The topological polar surface area (TPSA) is 72.5 Å². The number of hydrogen-bond donors (Lipinski definition) is 1. The van der Waals surface area contributed by atoms with Crippen molar-refractivity contribution in [2.24, 2.45) is 0 Å². The minimum atomic E-state index is -3.93. The SMILES string of the molecule is COCc1ccc(C(=O)NC2(C)CC2)cc1S(=O)(=O)Cl. The average Bonchev–Trinajstić information content (AvgIpc) is 3.06. The normalized spacial score (nSPS) is 16.8. The Balaban J connectivity index is 2.34. The van der Waals surface area contributed by atoms with E-state index in [1.165, 1.54) is 13.2 Å². The number of carbonyl (C=O) groups is 1. The molecule has 0 aromatic heterocycles. The fraction of sp³-hybridized carbons (Fsp3) is 0.462.